The van der Waals surface area contributed by atoms with E-state index in [9.17, 15) is 14.5 Å². The minimum atomic E-state index is -0.526. The standard InChI is InChI=1S/C13H19FN2O3/c1-3-11(4-2)15(7-8-17)13-9-10(14)5-6-12(13)16(18)19/h5-6,9,11,17H,3-4,7-8H2,1-2H3. The van der Waals surface area contributed by atoms with E-state index < -0.39 is 10.7 Å². The van der Waals surface area contributed by atoms with Gasteiger partial charge in [0.2, 0.25) is 0 Å². The quantitative estimate of drug-likeness (QED) is 0.611. The zero-order chi connectivity index (χ0) is 14.4. The lowest BCUT2D eigenvalue weighted by Gasteiger charge is -2.31. The Morgan fingerprint density at radius 3 is 2.53 bits per heavy atom. The van der Waals surface area contributed by atoms with Gasteiger partial charge in [-0.25, -0.2) is 4.39 Å². The highest BCUT2D eigenvalue weighted by molar-refractivity contribution is 5.63. The molecule has 0 radical (unpaired) electrons. The fourth-order valence-electron chi connectivity index (χ4n) is 2.22. The summed E-state index contributed by atoms with van der Waals surface area (Å²) in [6, 6.07) is 3.43. The maximum absolute atomic E-state index is 13.4. The van der Waals surface area contributed by atoms with Gasteiger partial charge in [0.15, 0.2) is 0 Å². The van der Waals surface area contributed by atoms with Gasteiger partial charge in [-0.1, -0.05) is 13.8 Å². The van der Waals surface area contributed by atoms with Crippen LogP contribution in [0, 0.1) is 15.9 Å². The molecule has 0 amide bonds. The van der Waals surface area contributed by atoms with Gasteiger partial charge in [-0.05, 0) is 18.9 Å². The van der Waals surface area contributed by atoms with E-state index >= 15 is 0 Å². The molecule has 0 spiro atoms. The highest BCUT2D eigenvalue weighted by atomic mass is 19.1. The first kappa shape index (κ1) is 15.4. The van der Waals surface area contributed by atoms with Gasteiger partial charge in [-0.3, -0.25) is 10.1 Å². The lowest BCUT2D eigenvalue weighted by molar-refractivity contribution is -0.384. The van der Waals surface area contributed by atoms with Crippen LogP contribution in [0.2, 0.25) is 0 Å². The maximum atomic E-state index is 13.4. The van der Waals surface area contributed by atoms with Crippen LogP contribution in [0.1, 0.15) is 26.7 Å². The van der Waals surface area contributed by atoms with Crippen LogP contribution >= 0.6 is 0 Å². The highest BCUT2D eigenvalue weighted by Crippen LogP contribution is 2.31. The zero-order valence-corrected chi connectivity index (χ0v) is 11.2. The summed E-state index contributed by atoms with van der Waals surface area (Å²) < 4.78 is 13.4. The number of benzene rings is 1. The third-order valence-corrected chi connectivity index (χ3v) is 3.17. The van der Waals surface area contributed by atoms with Gasteiger partial charge >= 0.3 is 0 Å². The van der Waals surface area contributed by atoms with Crippen LogP contribution < -0.4 is 4.90 Å². The van der Waals surface area contributed by atoms with Crippen LogP contribution in [-0.4, -0.2) is 29.2 Å². The summed E-state index contributed by atoms with van der Waals surface area (Å²) in [7, 11) is 0. The molecule has 1 aromatic carbocycles. The Labute approximate surface area is 111 Å². The number of hydrogen-bond acceptors (Lipinski definition) is 4. The molecule has 0 atom stereocenters. The molecule has 0 saturated heterocycles. The van der Waals surface area contributed by atoms with Gasteiger partial charge in [-0.15, -0.1) is 0 Å². The number of nitro groups is 1. The second-order valence-electron chi connectivity index (χ2n) is 4.28. The zero-order valence-electron chi connectivity index (χ0n) is 11.2. The van der Waals surface area contributed by atoms with E-state index in [4.69, 9.17) is 5.11 Å². The Hall–Kier alpha value is -1.69. The van der Waals surface area contributed by atoms with Crippen molar-refractivity contribution in [2.75, 3.05) is 18.1 Å². The summed E-state index contributed by atoms with van der Waals surface area (Å²) in [6.45, 7) is 4.04. The lowest BCUT2D eigenvalue weighted by Crippen LogP contribution is -2.37. The number of rotatable bonds is 7. The second-order valence-corrected chi connectivity index (χ2v) is 4.28. The van der Waals surface area contributed by atoms with Crippen LogP contribution in [0.4, 0.5) is 15.8 Å². The summed E-state index contributed by atoms with van der Waals surface area (Å²) in [4.78, 5) is 12.2. The summed E-state index contributed by atoms with van der Waals surface area (Å²) in [5.41, 5.74) is 0.0921. The van der Waals surface area contributed by atoms with Crippen molar-refractivity contribution in [2.24, 2.45) is 0 Å². The van der Waals surface area contributed by atoms with E-state index in [0.717, 1.165) is 31.0 Å². The molecule has 0 saturated carbocycles. The average Bonchev–Trinajstić information content (AvgIpc) is 2.38. The van der Waals surface area contributed by atoms with Gasteiger partial charge in [0.25, 0.3) is 5.69 Å². The van der Waals surface area contributed by atoms with Crippen LogP contribution in [-0.2, 0) is 0 Å². The molecule has 1 aromatic rings. The summed E-state index contributed by atoms with van der Waals surface area (Å²) in [5.74, 6) is -0.519. The first-order valence-electron chi connectivity index (χ1n) is 6.36. The van der Waals surface area contributed by atoms with Crippen molar-refractivity contribution in [1.82, 2.24) is 0 Å². The molecule has 0 fully saturated rings. The smallest absolute Gasteiger partial charge is 0.292 e. The van der Waals surface area contributed by atoms with Gasteiger partial charge < -0.3 is 10.0 Å². The molecule has 0 aliphatic carbocycles. The monoisotopic (exact) mass is 270 g/mol. The predicted octanol–water partition coefficient (Wildman–Crippen LogP) is 2.72. The van der Waals surface area contributed by atoms with Gasteiger partial charge in [0.05, 0.1) is 11.5 Å². The highest BCUT2D eigenvalue weighted by Gasteiger charge is 2.24. The minimum Gasteiger partial charge on any atom is -0.395 e. The topological polar surface area (TPSA) is 66.6 Å². The number of nitrogens with zero attached hydrogens (tertiary/aromatic N) is 2. The molecule has 0 bridgehead atoms. The molecular weight excluding hydrogens is 251 g/mol. The van der Waals surface area contributed by atoms with E-state index in [1.54, 1.807) is 4.90 Å². The fourth-order valence-corrected chi connectivity index (χ4v) is 2.22. The van der Waals surface area contributed by atoms with Crippen molar-refractivity contribution in [2.45, 2.75) is 32.7 Å². The van der Waals surface area contributed by atoms with E-state index in [1.165, 1.54) is 0 Å². The van der Waals surface area contributed by atoms with Gasteiger partial charge in [-0.2, -0.15) is 0 Å². The van der Waals surface area contributed by atoms with Crippen molar-refractivity contribution in [3.8, 4) is 0 Å². The number of aliphatic hydroxyl groups excluding tert-OH is 1. The number of hydrogen-bond donors (Lipinski definition) is 1. The minimum absolute atomic E-state index is 0.0349. The number of aliphatic hydroxyl groups is 1. The Kier molecular flexibility index (Phi) is 5.69. The molecule has 1 N–H and O–H groups in total. The van der Waals surface area contributed by atoms with Crippen molar-refractivity contribution in [1.29, 1.82) is 0 Å². The summed E-state index contributed by atoms with van der Waals surface area (Å²) in [5, 5.41) is 20.2. The lowest BCUT2D eigenvalue weighted by atomic mass is 10.1. The van der Waals surface area contributed by atoms with Gasteiger partial charge in [0.1, 0.15) is 11.5 Å². The molecule has 0 aromatic heterocycles. The van der Waals surface area contributed by atoms with Crippen molar-refractivity contribution in [3.05, 3.63) is 34.1 Å². The van der Waals surface area contributed by atoms with Gasteiger partial charge in [0, 0.05) is 24.7 Å². The van der Waals surface area contributed by atoms with Crippen LogP contribution in [0.3, 0.4) is 0 Å². The molecule has 106 valence electrons. The molecule has 0 heterocycles. The normalized spacial score (nSPS) is 10.8. The van der Waals surface area contributed by atoms with Crippen LogP contribution in [0.15, 0.2) is 18.2 Å². The van der Waals surface area contributed by atoms with E-state index in [0.29, 0.717) is 0 Å². The first-order chi connectivity index (χ1) is 9.04. The summed E-state index contributed by atoms with van der Waals surface area (Å²) in [6.07, 6.45) is 1.54. The molecule has 0 aliphatic heterocycles. The molecule has 6 heteroatoms. The molecule has 0 unspecified atom stereocenters. The molecule has 19 heavy (non-hydrogen) atoms. The Morgan fingerprint density at radius 2 is 2.05 bits per heavy atom. The summed E-state index contributed by atoms with van der Waals surface area (Å²) >= 11 is 0. The van der Waals surface area contributed by atoms with Crippen LogP contribution in [0.5, 0.6) is 0 Å². The van der Waals surface area contributed by atoms with E-state index in [2.05, 4.69) is 0 Å². The van der Waals surface area contributed by atoms with Crippen molar-refractivity contribution >= 4 is 11.4 Å². The molecule has 5 nitrogen and oxygen atoms in total. The molecule has 0 aliphatic rings. The Bertz CT molecular complexity index is 436. The van der Waals surface area contributed by atoms with Crippen molar-refractivity contribution in [3.63, 3.8) is 0 Å². The number of nitro benzene ring substituents is 1. The first-order valence-corrected chi connectivity index (χ1v) is 6.36. The fraction of sp³-hybridized carbons (Fsp3) is 0.538. The number of halogens is 1. The average molecular weight is 270 g/mol. The van der Waals surface area contributed by atoms with Crippen molar-refractivity contribution < 1.29 is 14.4 Å². The Morgan fingerprint density at radius 1 is 1.42 bits per heavy atom. The van der Waals surface area contributed by atoms with E-state index in [1.807, 2.05) is 13.8 Å². The SMILES string of the molecule is CCC(CC)N(CCO)c1cc(F)ccc1[N+](=O)[O-]. The molecule has 1 rings (SSSR count). The predicted molar refractivity (Wildman–Crippen MR) is 71.9 cm³/mol. The largest absolute Gasteiger partial charge is 0.395 e. The van der Waals surface area contributed by atoms with E-state index in [-0.39, 0.29) is 30.6 Å². The second kappa shape index (κ2) is 7.04. The third-order valence-electron chi connectivity index (χ3n) is 3.17. The number of anilines is 1. The van der Waals surface area contributed by atoms with Crippen LogP contribution in [0.25, 0.3) is 0 Å². The molecular formula is C13H19FN2O3. The Balaban J connectivity index is 3.27. The third kappa shape index (κ3) is 3.64. The maximum Gasteiger partial charge on any atom is 0.292 e.